The van der Waals surface area contributed by atoms with Gasteiger partial charge >= 0.3 is 0 Å². The number of carbonyl (C=O) groups excluding carboxylic acids is 1. The van der Waals surface area contributed by atoms with Gasteiger partial charge < -0.3 is 9.30 Å². The Morgan fingerprint density at radius 3 is 2.71 bits per heavy atom. The zero-order chi connectivity index (χ0) is 12.4. The van der Waals surface area contributed by atoms with Crippen molar-refractivity contribution >= 4 is 6.29 Å². The molecule has 0 spiro atoms. The molecule has 0 radical (unpaired) electrons. The van der Waals surface area contributed by atoms with E-state index in [0.717, 1.165) is 17.7 Å². The normalized spacial score (nSPS) is 10.3. The molecule has 0 N–H and O–H groups in total. The maximum absolute atomic E-state index is 11.1. The van der Waals surface area contributed by atoms with Crippen molar-refractivity contribution in [2.24, 2.45) is 7.05 Å². The van der Waals surface area contributed by atoms with E-state index in [-0.39, 0.29) is 0 Å². The van der Waals surface area contributed by atoms with Crippen LogP contribution in [0.2, 0.25) is 0 Å². The number of aryl methyl sites for hydroxylation is 1. The summed E-state index contributed by atoms with van der Waals surface area (Å²) in [7, 11) is 3.43. The Labute approximate surface area is 99.9 Å². The van der Waals surface area contributed by atoms with Gasteiger partial charge in [-0.25, -0.2) is 4.98 Å². The lowest BCUT2D eigenvalue weighted by atomic mass is 10.1. The molecule has 1 aromatic heterocycles. The minimum absolute atomic E-state index is 0.562. The maximum atomic E-state index is 11.1. The third-order valence-corrected chi connectivity index (χ3v) is 2.84. The van der Waals surface area contributed by atoms with E-state index in [2.05, 4.69) is 4.98 Å². The SMILES string of the molecule is COc1ccccc1-c1nc(C)n(C)c1C=O. The molecule has 0 aliphatic rings. The van der Waals surface area contributed by atoms with Crippen LogP contribution < -0.4 is 4.74 Å². The Balaban J connectivity index is 2.68. The van der Waals surface area contributed by atoms with Gasteiger partial charge in [-0.05, 0) is 19.1 Å². The van der Waals surface area contributed by atoms with E-state index in [1.807, 2.05) is 38.2 Å². The van der Waals surface area contributed by atoms with Crippen LogP contribution in [0.5, 0.6) is 5.75 Å². The van der Waals surface area contributed by atoms with Crippen molar-refractivity contribution in [3.05, 3.63) is 35.8 Å². The minimum Gasteiger partial charge on any atom is -0.496 e. The lowest BCUT2D eigenvalue weighted by Crippen LogP contribution is -1.97. The summed E-state index contributed by atoms with van der Waals surface area (Å²) in [6.45, 7) is 1.87. The zero-order valence-corrected chi connectivity index (χ0v) is 10.1. The molecule has 2 aromatic rings. The quantitative estimate of drug-likeness (QED) is 0.759. The van der Waals surface area contributed by atoms with Crippen LogP contribution in [0.4, 0.5) is 0 Å². The predicted molar refractivity (Wildman–Crippen MR) is 65.3 cm³/mol. The minimum atomic E-state index is 0.562. The molecule has 0 bridgehead atoms. The number of benzene rings is 1. The van der Waals surface area contributed by atoms with Crippen molar-refractivity contribution in [2.45, 2.75) is 6.92 Å². The number of rotatable bonds is 3. The first-order valence-electron chi connectivity index (χ1n) is 5.31. The monoisotopic (exact) mass is 230 g/mol. The van der Waals surface area contributed by atoms with E-state index in [0.29, 0.717) is 17.1 Å². The molecule has 0 aliphatic heterocycles. The number of para-hydroxylation sites is 1. The molecule has 1 aromatic carbocycles. The largest absolute Gasteiger partial charge is 0.496 e. The standard InChI is InChI=1S/C13H14N2O2/c1-9-14-13(11(8-16)15(9)2)10-6-4-5-7-12(10)17-3/h4-8H,1-3H3. The van der Waals surface area contributed by atoms with Gasteiger partial charge in [-0.2, -0.15) is 0 Å². The van der Waals surface area contributed by atoms with Gasteiger partial charge in [0, 0.05) is 12.6 Å². The molecule has 0 amide bonds. The van der Waals surface area contributed by atoms with Gasteiger partial charge in [-0.15, -0.1) is 0 Å². The van der Waals surface area contributed by atoms with Gasteiger partial charge in [-0.3, -0.25) is 4.79 Å². The fourth-order valence-corrected chi connectivity index (χ4v) is 1.80. The smallest absolute Gasteiger partial charge is 0.168 e. The average Bonchev–Trinajstić information content (AvgIpc) is 2.65. The third kappa shape index (κ3) is 1.82. The Morgan fingerprint density at radius 2 is 2.06 bits per heavy atom. The number of hydrogen-bond acceptors (Lipinski definition) is 3. The van der Waals surface area contributed by atoms with Crippen molar-refractivity contribution in [2.75, 3.05) is 7.11 Å². The number of methoxy groups -OCH3 is 1. The number of ether oxygens (including phenoxy) is 1. The summed E-state index contributed by atoms with van der Waals surface area (Å²) in [6, 6.07) is 7.54. The number of nitrogens with zero attached hydrogens (tertiary/aromatic N) is 2. The van der Waals surface area contributed by atoms with Crippen LogP contribution in [0.3, 0.4) is 0 Å². The van der Waals surface area contributed by atoms with E-state index in [4.69, 9.17) is 4.74 Å². The summed E-state index contributed by atoms with van der Waals surface area (Å²) in [5.41, 5.74) is 2.06. The lowest BCUT2D eigenvalue weighted by molar-refractivity contribution is 0.111. The highest BCUT2D eigenvalue weighted by molar-refractivity contribution is 5.86. The summed E-state index contributed by atoms with van der Waals surface area (Å²) >= 11 is 0. The molecule has 4 heteroatoms. The number of carbonyl (C=O) groups is 1. The highest BCUT2D eigenvalue weighted by Crippen LogP contribution is 2.30. The van der Waals surface area contributed by atoms with Crippen LogP contribution in [0.25, 0.3) is 11.3 Å². The van der Waals surface area contributed by atoms with Crippen LogP contribution in [0, 0.1) is 6.92 Å². The Morgan fingerprint density at radius 1 is 1.35 bits per heavy atom. The van der Waals surface area contributed by atoms with Crippen molar-refractivity contribution < 1.29 is 9.53 Å². The van der Waals surface area contributed by atoms with Gasteiger partial charge in [0.05, 0.1) is 7.11 Å². The molecule has 2 rings (SSSR count). The van der Waals surface area contributed by atoms with E-state index < -0.39 is 0 Å². The first-order valence-corrected chi connectivity index (χ1v) is 5.31. The van der Waals surface area contributed by atoms with Gasteiger partial charge in [0.25, 0.3) is 0 Å². The molecule has 4 nitrogen and oxygen atoms in total. The number of imidazole rings is 1. The zero-order valence-electron chi connectivity index (χ0n) is 10.1. The number of aldehydes is 1. The van der Waals surface area contributed by atoms with Gasteiger partial charge in [0.15, 0.2) is 6.29 Å². The Hall–Kier alpha value is -2.10. The topological polar surface area (TPSA) is 44.1 Å². The molecule has 0 aliphatic carbocycles. The first-order chi connectivity index (χ1) is 8.19. The first kappa shape index (κ1) is 11.4. The van der Waals surface area contributed by atoms with Crippen molar-refractivity contribution in [3.63, 3.8) is 0 Å². The number of aromatic nitrogens is 2. The van der Waals surface area contributed by atoms with Crippen LogP contribution in [0.1, 0.15) is 16.3 Å². The summed E-state index contributed by atoms with van der Waals surface area (Å²) in [5, 5.41) is 0. The van der Waals surface area contributed by atoms with E-state index in [1.165, 1.54) is 0 Å². The predicted octanol–water partition coefficient (Wildman–Crippen LogP) is 2.22. The second kappa shape index (κ2) is 4.41. The highest BCUT2D eigenvalue weighted by Gasteiger charge is 2.16. The molecule has 0 unspecified atom stereocenters. The summed E-state index contributed by atoms with van der Waals surface area (Å²) in [4.78, 5) is 15.5. The van der Waals surface area contributed by atoms with Crippen LogP contribution in [0.15, 0.2) is 24.3 Å². The fourth-order valence-electron chi connectivity index (χ4n) is 1.80. The Kier molecular flexibility index (Phi) is 2.95. The van der Waals surface area contributed by atoms with Crippen molar-refractivity contribution in [3.8, 4) is 17.0 Å². The van der Waals surface area contributed by atoms with Gasteiger partial charge in [0.2, 0.25) is 0 Å². The summed E-state index contributed by atoms with van der Waals surface area (Å²) in [6.07, 6.45) is 0.821. The molecular formula is C13H14N2O2. The summed E-state index contributed by atoms with van der Waals surface area (Å²) in [5.74, 6) is 1.52. The molecule has 1 heterocycles. The van der Waals surface area contributed by atoms with E-state index >= 15 is 0 Å². The van der Waals surface area contributed by atoms with Gasteiger partial charge in [-0.1, -0.05) is 12.1 Å². The van der Waals surface area contributed by atoms with E-state index in [9.17, 15) is 4.79 Å². The van der Waals surface area contributed by atoms with Crippen molar-refractivity contribution in [1.29, 1.82) is 0 Å². The molecule has 0 saturated heterocycles. The van der Waals surface area contributed by atoms with Gasteiger partial charge in [0.1, 0.15) is 23.0 Å². The highest BCUT2D eigenvalue weighted by atomic mass is 16.5. The molecular weight excluding hydrogens is 216 g/mol. The molecule has 0 saturated carbocycles. The number of hydrogen-bond donors (Lipinski definition) is 0. The second-order valence-corrected chi connectivity index (χ2v) is 3.77. The second-order valence-electron chi connectivity index (χ2n) is 3.77. The van der Waals surface area contributed by atoms with E-state index in [1.54, 1.807) is 11.7 Å². The molecule has 17 heavy (non-hydrogen) atoms. The van der Waals surface area contributed by atoms with Crippen LogP contribution in [-0.4, -0.2) is 22.9 Å². The lowest BCUT2D eigenvalue weighted by Gasteiger charge is -2.06. The average molecular weight is 230 g/mol. The summed E-state index contributed by atoms with van der Waals surface area (Å²) < 4.78 is 7.06. The molecule has 88 valence electrons. The fraction of sp³-hybridized carbons (Fsp3) is 0.231. The third-order valence-electron chi connectivity index (χ3n) is 2.84. The van der Waals surface area contributed by atoms with Crippen LogP contribution >= 0.6 is 0 Å². The van der Waals surface area contributed by atoms with Crippen LogP contribution in [-0.2, 0) is 7.05 Å². The molecule has 0 atom stereocenters. The molecule has 0 fully saturated rings. The maximum Gasteiger partial charge on any atom is 0.168 e. The van der Waals surface area contributed by atoms with Crippen molar-refractivity contribution in [1.82, 2.24) is 9.55 Å². The Bertz CT molecular complexity index is 559.